The lowest BCUT2D eigenvalue weighted by atomic mass is 9.99. The van der Waals surface area contributed by atoms with Crippen LogP contribution in [0.2, 0.25) is 0 Å². The van der Waals surface area contributed by atoms with E-state index in [0.29, 0.717) is 23.5 Å². The number of hydrogen-bond donors (Lipinski definition) is 1. The van der Waals surface area contributed by atoms with Crippen molar-refractivity contribution in [2.45, 2.75) is 25.4 Å². The number of aryl methyl sites for hydroxylation is 1. The molecule has 124 valence electrons. The van der Waals surface area contributed by atoms with Crippen molar-refractivity contribution < 1.29 is 9.59 Å². The van der Waals surface area contributed by atoms with Gasteiger partial charge in [-0.2, -0.15) is 11.8 Å². The smallest absolute Gasteiger partial charge is 0.322 e. The van der Waals surface area contributed by atoms with Crippen LogP contribution in [0.5, 0.6) is 0 Å². The molecule has 4 heterocycles. The molecule has 2 saturated heterocycles. The van der Waals surface area contributed by atoms with Gasteiger partial charge >= 0.3 is 6.03 Å². The van der Waals surface area contributed by atoms with E-state index in [9.17, 15) is 14.4 Å². The number of carbonyl (C=O) groups excluding carboxylic acids is 2. The maximum Gasteiger partial charge on any atom is 0.325 e. The number of hydrogen-bond acceptors (Lipinski definition) is 5. The van der Waals surface area contributed by atoms with Crippen LogP contribution in [0.3, 0.4) is 0 Å². The molecule has 0 aromatic carbocycles. The van der Waals surface area contributed by atoms with E-state index >= 15 is 0 Å². The Balaban J connectivity index is 1.67. The normalized spacial score (nSPS) is 23.5. The summed E-state index contributed by atoms with van der Waals surface area (Å²) in [5.74, 6) is 1.24. The molecule has 0 saturated carbocycles. The minimum absolute atomic E-state index is 0.0106. The van der Waals surface area contributed by atoms with Gasteiger partial charge in [0.25, 0.3) is 11.5 Å². The molecule has 0 radical (unpaired) electrons. The van der Waals surface area contributed by atoms with Gasteiger partial charge in [0.1, 0.15) is 11.2 Å². The molecular weight excluding hydrogens is 328 g/mol. The van der Waals surface area contributed by atoms with E-state index in [4.69, 9.17) is 0 Å². The SMILES string of the molecule is Cc1ccc2nc(CN3C(=O)NC4(CCSC4)C3=O)cc(=O)n2c1. The van der Waals surface area contributed by atoms with Crippen molar-refractivity contribution in [1.82, 2.24) is 19.6 Å². The van der Waals surface area contributed by atoms with Crippen molar-refractivity contribution in [1.29, 1.82) is 0 Å². The van der Waals surface area contributed by atoms with Crippen LogP contribution in [0, 0.1) is 6.92 Å². The Kier molecular flexibility index (Phi) is 3.38. The van der Waals surface area contributed by atoms with Crippen molar-refractivity contribution in [3.05, 3.63) is 46.0 Å². The summed E-state index contributed by atoms with van der Waals surface area (Å²) in [5, 5.41) is 2.81. The second kappa shape index (κ2) is 5.34. The van der Waals surface area contributed by atoms with E-state index in [-0.39, 0.29) is 18.0 Å². The van der Waals surface area contributed by atoms with Crippen molar-refractivity contribution in [3.8, 4) is 0 Å². The van der Waals surface area contributed by atoms with Crippen LogP contribution < -0.4 is 10.9 Å². The first-order valence-corrected chi connectivity index (χ1v) is 8.85. The summed E-state index contributed by atoms with van der Waals surface area (Å²) in [5.41, 5.74) is 0.868. The molecule has 1 unspecified atom stereocenters. The monoisotopic (exact) mass is 344 g/mol. The van der Waals surface area contributed by atoms with E-state index in [1.165, 1.54) is 15.4 Å². The van der Waals surface area contributed by atoms with Crippen LogP contribution in [-0.4, -0.2) is 43.3 Å². The first kappa shape index (κ1) is 15.2. The lowest BCUT2D eigenvalue weighted by Crippen LogP contribution is -2.46. The molecule has 0 bridgehead atoms. The summed E-state index contributed by atoms with van der Waals surface area (Å²) >= 11 is 1.66. The second-order valence-corrected chi connectivity index (χ2v) is 7.33. The van der Waals surface area contributed by atoms with E-state index < -0.39 is 11.6 Å². The van der Waals surface area contributed by atoms with Gasteiger partial charge in [-0.25, -0.2) is 9.78 Å². The molecule has 2 aliphatic rings. The Morgan fingerprint density at radius 3 is 2.92 bits per heavy atom. The van der Waals surface area contributed by atoms with Crippen LogP contribution >= 0.6 is 11.8 Å². The number of pyridine rings is 1. The molecule has 24 heavy (non-hydrogen) atoms. The second-order valence-electron chi connectivity index (χ2n) is 6.23. The topological polar surface area (TPSA) is 83.8 Å². The highest BCUT2D eigenvalue weighted by Gasteiger charge is 2.52. The average molecular weight is 344 g/mol. The highest BCUT2D eigenvalue weighted by atomic mass is 32.2. The van der Waals surface area contributed by atoms with Crippen molar-refractivity contribution in [3.63, 3.8) is 0 Å². The van der Waals surface area contributed by atoms with Crippen LogP contribution in [-0.2, 0) is 11.3 Å². The summed E-state index contributed by atoms with van der Waals surface area (Å²) in [7, 11) is 0. The van der Waals surface area contributed by atoms with Crippen LogP contribution in [0.1, 0.15) is 17.7 Å². The zero-order chi connectivity index (χ0) is 16.9. The molecule has 4 rings (SSSR count). The van der Waals surface area contributed by atoms with Gasteiger partial charge in [-0.15, -0.1) is 0 Å². The zero-order valence-electron chi connectivity index (χ0n) is 13.1. The number of carbonyl (C=O) groups is 2. The predicted molar refractivity (Wildman–Crippen MR) is 90.0 cm³/mol. The summed E-state index contributed by atoms with van der Waals surface area (Å²) in [6.07, 6.45) is 2.36. The molecule has 7 nitrogen and oxygen atoms in total. The van der Waals surface area contributed by atoms with E-state index in [1.807, 2.05) is 13.0 Å². The molecule has 2 fully saturated rings. The molecule has 1 atom stereocenters. The fourth-order valence-corrected chi connectivity index (χ4v) is 4.48. The number of nitrogens with one attached hydrogen (secondary N) is 1. The number of urea groups is 1. The Morgan fingerprint density at radius 1 is 1.33 bits per heavy atom. The molecule has 2 aromatic rings. The summed E-state index contributed by atoms with van der Waals surface area (Å²) in [6.45, 7) is 1.91. The summed E-state index contributed by atoms with van der Waals surface area (Å²) < 4.78 is 1.46. The molecule has 3 amide bonds. The number of amides is 3. The Labute approximate surface area is 142 Å². The van der Waals surface area contributed by atoms with Gasteiger partial charge < -0.3 is 5.32 Å². The summed E-state index contributed by atoms with van der Waals surface area (Å²) in [6, 6.07) is 4.58. The van der Waals surface area contributed by atoms with Gasteiger partial charge in [-0.1, -0.05) is 6.07 Å². The number of aromatic nitrogens is 2. The van der Waals surface area contributed by atoms with Crippen LogP contribution in [0.4, 0.5) is 4.79 Å². The van der Waals surface area contributed by atoms with Gasteiger partial charge in [0.15, 0.2) is 0 Å². The van der Waals surface area contributed by atoms with Gasteiger partial charge in [0.2, 0.25) is 0 Å². The highest BCUT2D eigenvalue weighted by molar-refractivity contribution is 7.99. The minimum atomic E-state index is -0.773. The fraction of sp³-hybridized carbons (Fsp3) is 0.375. The largest absolute Gasteiger partial charge is 0.325 e. The maximum absolute atomic E-state index is 12.7. The molecule has 2 aliphatic heterocycles. The highest BCUT2D eigenvalue weighted by Crippen LogP contribution is 2.33. The van der Waals surface area contributed by atoms with Crippen molar-refractivity contribution in [2.75, 3.05) is 11.5 Å². The van der Waals surface area contributed by atoms with Gasteiger partial charge in [-0.3, -0.25) is 18.9 Å². The number of nitrogens with zero attached hydrogens (tertiary/aromatic N) is 3. The molecular formula is C16H16N4O3S. The molecule has 0 aliphatic carbocycles. The number of fused-ring (bicyclic) bond motifs is 1. The number of thioether (sulfide) groups is 1. The number of rotatable bonds is 2. The van der Waals surface area contributed by atoms with E-state index in [1.54, 1.807) is 24.0 Å². The van der Waals surface area contributed by atoms with Crippen molar-refractivity contribution >= 4 is 29.3 Å². The van der Waals surface area contributed by atoms with E-state index in [0.717, 1.165) is 11.3 Å². The fourth-order valence-electron chi connectivity index (χ4n) is 3.15. The first-order valence-electron chi connectivity index (χ1n) is 7.69. The Hall–Kier alpha value is -2.35. The lowest BCUT2D eigenvalue weighted by Gasteiger charge is -2.19. The van der Waals surface area contributed by atoms with Crippen LogP contribution in [0.15, 0.2) is 29.2 Å². The van der Waals surface area contributed by atoms with Gasteiger partial charge in [0.05, 0.1) is 12.2 Å². The molecule has 8 heteroatoms. The standard InChI is InChI=1S/C16H16N4O3S/c1-10-2-3-12-17-11(6-13(21)19(12)7-10)8-20-14(22)16(18-15(20)23)4-5-24-9-16/h2-3,6-7H,4-5,8-9H2,1H3,(H,18,23). The third kappa shape index (κ3) is 2.29. The summed E-state index contributed by atoms with van der Waals surface area (Å²) in [4.78, 5) is 42.7. The third-order valence-corrected chi connectivity index (χ3v) is 5.64. The quantitative estimate of drug-likeness (QED) is 0.820. The lowest BCUT2D eigenvalue weighted by molar-refractivity contribution is -0.130. The molecule has 1 N–H and O–H groups in total. The Bertz CT molecular complexity index is 917. The molecule has 2 aromatic heterocycles. The van der Waals surface area contributed by atoms with Crippen molar-refractivity contribution in [2.24, 2.45) is 0 Å². The van der Waals surface area contributed by atoms with Gasteiger partial charge in [0, 0.05) is 18.0 Å². The van der Waals surface area contributed by atoms with Gasteiger partial charge in [-0.05, 0) is 30.7 Å². The Morgan fingerprint density at radius 2 is 2.17 bits per heavy atom. The number of imide groups is 1. The minimum Gasteiger partial charge on any atom is -0.322 e. The van der Waals surface area contributed by atoms with Crippen LogP contribution in [0.25, 0.3) is 5.65 Å². The average Bonchev–Trinajstić information content (AvgIpc) is 3.10. The zero-order valence-corrected chi connectivity index (χ0v) is 13.9. The maximum atomic E-state index is 12.7. The predicted octanol–water partition coefficient (Wildman–Crippen LogP) is 0.930. The third-order valence-electron chi connectivity index (χ3n) is 4.45. The van der Waals surface area contributed by atoms with E-state index in [2.05, 4.69) is 10.3 Å². The molecule has 1 spiro atoms. The first-order chi connectivity index (χ1) is 11.5.